The van der Waals surface area contributed by atoms with Crippen LogP contribution >= 0.6 is 0 Å². The summed E-state index contributed by atoms with van der Waals surface area (Å²) < 4.78 is 10.2. The molecule has 30 heavy (non-hydrogen) atoms. The number of hydrogen-bond donors (Lipinski definition) is 2. The number of nitrogens with one attached hydrogen (secondary N) is 2. The smallest absolute Gasteiger partial charge is 0.407 e. The van der Waals surface area contributed by atoms with E-state index in [0.717, 1.165) is 0 Å². The molecule has 0 aliphatic carbocycles. The van der Waals surface area contributed by atoms with Crippen LogP contribution in [0.15, 0.2) is 24.3 Å². The Morgan fingerprint density at radius 2 is 1.93 bits per heavy atom. The highest BCUT2D eigenvalue weighted by atomic mass is 16.6. The van der Waals surface area contributed by atoms with Crippen molar-refractivity contribution >= 4 is 35.3 Å². The molecular weight excluding hydrogens is 390 g/mol. The van der Waals surface area contributed by atoms with E-state index in [1.807, 2.05) is 0 Å². The first-order chi connectivity index (χ1) is 14.1. The second-order valence-electron chi connectivity index (χ2n) is 8.08. The standard InChI is InChI=1S/C21H29N3O6/c1-14-12-17(25)23-15-8-5-6-9-16(15)24(14)18(26)13-29-19(27)10-7-11-22-20(28)30-21(2,3)4/h5-6,8-9,14H,7,10-13H2,1-4H3,(H,22,28)(H,23,25)/t14-/m1/s1. The minimum atomic E-state index is -0.591. The van der Waals surface area contributed by atoms with Gasteiger partial charge in [0.2, 0.25) is 5.91 Å². The summed E-state index contributed by atoms with van der Waals surface area (Å²) in [6.45, 7) is 6.88. The number of amides is 3. The molecule has 1 aromatic rings. The zero-order valence-corrected chi connectivity index (χ0v) is 17.8. The second kappa shape index (κ2) is 10.1. The number of carbonyl (C=O) groups is 4. The van der Waals surface area contributed by atoms with Gasteiger partial charge in [-0.15, -0.1) is 0 Å². The van der Waals surface area contributed by atoms with E-state index in [0.29, 0.717) is 17.8 Å². The molecule has 2 rings (SSSR count). The first kappa shape index (κ1) is 23.2. The average Bonchev–Trinajstić information content (AvgIpc) is 2.76. The molecule has 1 aliphatic heterocycles. The van der Waals surface area contributed by atoms with Gasteiger partial charge in [0.25, 0.3) is 5.91 Å². The topological polar surface area (TPSA) is 114 Å². The fraction of sp³-hybridized carbons (Fsp3) is 0.524. The van der Waals surface area contributed by atoms with Gasteiger partial charge in [0, 0.05) is 25.4 Å². The van der Waals surface area contributed by atoms with E-state index in [1.54, 1.807) is 52.0 Å². The molecule has 1 aromatic carbocycles. The maximum absolute atomic E-state index is 12.7. The molecule has 0 radical (unpaired) electrons. The molecule has 0 aromatic heterocycles. The molecule has 0 saturated carbocycles. The minimum Gasteiger partial charge on any atom is -0.456 e. The van der Waals surface area contributed by atoms with Gasteiger partial charge in [-0.25, -0.2) is 4.79 Å². The van der Waals surface area contributed by atoms with Gasteiger partial charge < -0.3 is 25.0 Å². The first-order valence-corrected chi connectivity index (χ1v) is 9.90. The van der Waals surface area contributed by atoms with E-state index < -0.39 is 30.2 Å². The van der Waals surface area contributed by atoms with Crippen molar-refractivity contribution in [1.29, 1.82) is 0 Å². The number of nitrogens with zero attached hydrogens (tertiary/aromatic N) is 1. The maximum Gasteiger partial charge on any atom is 0.407 e. The molecule has 9 nitrogen and oxygen atoms in total. The normalized spacial score (nSPS) is 16.1. The lowest BCUT2D eigenvalue weighted by Crippen LogP contribution is -2.41. The van der Waals surface area contributed by atoms with Crippen LogP contribution in [0.5, 0.6) is 0 Å². The number of fused-ring (bicyclic) bond motifs is 1. The summed E-state index contributed by atoms with van der Waals surface area (Å²) in [7, 11) is 0. The van der Waals surface area contributed by atoms with Gasteiger partial charge in [-0.1, -0.05) is 12.1 Å². The Morgan fingerprint density at radius 3 is 2.63 bits per heavy atom. The van der Waals surface area contributed by atoms with Crippen LogP contribution in [-0.4, -0.2) is 48.7 Å². The van der Waals surface area contributed by atoms with Crippen molar-refractivity contribution < 1.29 is 28.7 Å². The van der Waals surface area contributed by atoms with Crippen molar-refractivity contribution in [3.8, 4) is 0 Å². The fourth-order valence-electron chi connectivity index (χ4n) is 2.99. The van der Waals surface area contributed by atoms with E-state index in [1.165, 1.54) is 4.90 Å². The molecule has 2 N–H and O–H groups in total. The van der Waals surface area contributed by atoms with Crippen LogP contribution in [0, 0.1) is 0 Å². The van der Waals surface area contributed by atoms with Gasteiger partial charge in [0.15, 0.2) is 6.61 Å². The van der Waals surface area contributed by atoms with Crippen molar-refractivity contribution in [2.45, 2.75) is 58.6 Å². The molecule has 3 amide bonds. The third-order valence-corrected chi connectivity index (χ3v) is 4.21. The van der Waals surface area contributed by atoms with Crippen LogP contribution in [0.3, 0.4) is 0 Å². The quantitative estimate of drug-likeness (QED) is 0.541. The van der Waals surface area contributed by atoms with E-state index >= 15 is 0 Å². The summed E-state index contributed by atoms with van der Waals surface area (Å²) in [5.41, 5.74) is 0.519. The van der Waals surface area contributed by atoms with Gasteiger partial charge >= 0.3 is 12.1 Å². The van der Waals surface area contributed by atoms with Crippen LogP contribution in [0.1, 0.15) is 47.0 Å². The number of rotatable bonds is 6. The van der Waals surface area contributed by atoms with Crippen molar-refractivity contribution in [3.05, 3.63) is 24.3 Å². The second-order valence-corrected chi connectivity index (χ2v) is 8.08. The Bertz CT molecular complexity index is 802. The lowest BCUT2D eigenvalue weighted by atomic mass is 10.1. The molecule has 9 heteroatoms. The largest absolute Gasteiger partial charge is 0.456 e. The highest BCUT2D eigenvalue weighted by Gasteiger charge is 2.30. The Morgan fingerprint density at radius 1 is 1.23 bits per heavy atom. The number of alkyl carbamates (subject to hydrolysis) is 1. The highest BCUT2D eigenvalue weighted by Crippen LogP contribution is 2.31. The first-order valence-electron chi connectivity index (χ1n) is 9.90. The third-order valence-electron chi connectivity index (χ3n) is 4.21. The number of carbonyl (C=O) groups excluding carboxylic acids is 4. The predicted molar refractivity (Wildman–Crippen MR) is 111 cm³/mol. The molecule has 0 bridgehead atoms. The Labute approximate surface area is 176 Å². The number of para-hydroxylation sites is 2. The van der Waals surface area contributed by atoms with Crippen LogP contribution in [-0.2, 0) is 23.9 Å². The number of esters is 1. The molecule has 0 saturated heterocycles. The number of benzene rings is 1. The van der Waals surface area contributed by atoms with Crippen molar-refractivity contribution in [1.82, 2.24) is 5.32 Å². The third kappa shape index (κ3) is 7.06. The molecule has 0 fully saturated rings. The van der Waals surface area contributed by atoms with Crippen LogP contribution in [0.4, 0.5) is 16.2 Å². The lowest BCUT2D eigenvalue weighted by molar-refractivity contribution is -0.148. The van der Waals surface area contributed by atoms with E-state index in [9.17, 15) is 19.2 Å². The van der Waals surface area contributed by atoms with Gasteiger partial charge in [-0.05, 0) is 46.2 Å². The number of ether oxygens (including phenoxy) is 2. The minimum absolute atomic E-state index is 0.0509. The molecule has 164 valence electrons. The lowest BCUT2D eigenvalue weighted by Gasteiger charge is -2.27. The Hall–Kier alpha value is -3.10. The van der Waals surface area contributed by atoms with Crippen LogP contribution in [0.25, 0.3) is 0 Å². The fourth-order valence-corrected chi connectivity index (χ4v) is 2.99. The maximum atomic E-state index is 12.7. The van der Waals surface area contributed by atoms with Crippen molar-refractivity contribution in [3.63, 3.8) is 0 Å². The zero-order valence-electron chi connectivity index (χ0n) is 17.8. The highest BCUT2D eigenvalue weighted by molar-refractivity contribution is 6.05. The summed E-state index contributed by atoms with van der Waals surface area (Å²) in [6.07, 6.45) is -0.00355. The van der Waals surface area contributed by atoms with Gasteiger partial charge in [0.05, 0.1) is 11.4 Å². The summed E-state index contributed by atoms with van der Waals surface area (Å²) in [6, 6.07) is 6.61. The number of hydrogen-bond acceptors (Lipinski definition) is 6. The molecule has 1 aliphatic rings. The Balaban J connectivity index is 1.81. The molecule has 0 unspecified atom stereocenters. The van der Waals surface area contributed by atoms with E-state index in [-0.39, 0.29) is 31.3 Å². The van der Waals surface area contributed by atoms with Crippen molar-refractivity contribution in [2.75, 3.05) is 23.4 Å². The summed E-state index contributed by atoms with van der Waals surface area (Å²) in [5, 5.41) is 5.33. The van der Waals surface area contributed by atoms with Gasteiger partial charge in [-0.3, -0.25) is 14.4 Å². The molecule has 0 spiro atoms. The van der Waals surface area contributed by atoms with Gasteiger partial charge in [-0.2, -0.15) is 0 Å². The molecule has 1 atom stereocenters. The Kier molecular flexibility index (Phi) is 7.79. The van der Waals surface area contributed by atoms with E-state index in [2.05, 4.69) is 10.6 Å². The zero-order chi connectivity index (χ0) is 22.3. The monoisotopic (exact) mass is 419 g/mol. The van der Waals surface area contributed by atoms with E-state index in [4.69, 9.17) is 9.47 Å². The number of anilines is 2. The SMILES string of the molecule is C[C@@H]1CC(=O)Nc2ccccc2N1C(=O)COC(=O)CCCNC(=O)OC(C)(C)C. The molecular formula is C21H29N3O6. The summed E-state index contributed by atoms with van der Waals surface area (Å²) >= 11 is 0. The van der Waals surface area contributed by atoms with Crippen molar-refractivity contribution in [2.24, 2.45) is 0 Å². The summed E-state index contributed by atoms with van der Waals surface area (Å²) in [5.74, 6) is -1.13. The summed E-state index contributed by atoms with van der Waals surface area (Å²) in [4.78, 5) is 49.7. The molecule has 1 heterocycles. The average molecular weight is 419 g/mol. The van der Waals surface area contributed by atoms with Gasteiger partial charge in [0.1, 0.15) is 5.60 Å². The van der Waals surface area contributed by atoms with Crippen LogP contribution < -0.4 is 15.5 Å². The van der Waals surface area contributed by atoms with Crippen LogP contribution in [0.2, 0.25) is 0 Å². The predicted octanol–water partition coefficient (Wildman–Crippen LogP) is 2.60.